The zero-order valence-electron chi connectivity index (χ0n) is 15.2. The van der Waals surface area contributed by atoms with Crippen LogP contribution in [0.3, 0.4) is 0 Å². The molecule has 2 aliphatic rings. The van der Waals surface area contributed by atoms with Crippen molar-refractivity contribution in [2.45, 2.75) is 6.92 Å². The van der Waals surface area contributed by atoms with Crippen molar-refractivity contribution in [1.82, 2.24) is 4.98 Å². The Balaban J connectivity index is 1.98. The van der Waals surface area contributed by atoms with Crippen LogP contribution in [0.15, 0.2) is 72.8 Å². The van der Waals surface area contributed by atoms with Crippen LogP contribution in [0.2, 0.25) is 0 Å². The molecule has 0 radical (unpaired) electrons. The summed E-state index contributed by atoms with van der Waals surface area (Å²) >= 11 is 0. The normalized spacial score (nSPS) is 10.6. The van der Waals surface area contributed by atoms with Crippen molar-refractivity contribution >= 4 is 0 Å². The van der Waals surface area contributed by atoms with Crippen LogP contribution in [0.25, 0.3) is 33.5 Å². The van der Waals surface area contributed by atoms with E-state index in [-0.39, 0.29) is 0 Å². The second-order valence-corrected chi connectivity index (χ2v) is 6.44. The van der Waals surface area contributed by atoms with Crippen LogP contribution in [0.1, 0.15) is 11.1 Å². The van der Waals surface area contributed by atoms with Gasteiger partial charge in [-0.3, -0.25) is 0 Å². The summed E-state index contributed by atoms with van der Waals surface area (Å²) in [6, 6.07) is 26.7. The summed E-state index contributed by atoms with van der Waals surface area (Å²) in [5.74, 6) is 0.347. The van der Waals surface area contributed by atoms with Crippen LogP contribution in [-0.2, 0) is 0 Å². The number of ether oxygens (including phenoxy) is 1. The van der Waals surface area contributed by atoms with Gasteiger partial charge in [0.1, 0.15) is 11.6 Å². The van der Waals surface area contributed by atoms with Gasteiger partial charge in [-0.2, -0.15) is 5.26 Å². The van der Waals surface area contributed by atoms with E-state index in [1.807, 2.05) is 36.4 Å². The Morgan fingerprint density at radius 2 is 1.56 bits per heavy atom. The molecule has 2 aromatic rings. The summed E-state index contributed by atoms with van der Waals surface area (Å²) in [6.07, 6.45) is 0. The minimum absolute atomic E-state index is 0.347. The first kappa shape index (κ1) is 16.8. The Hall–Kier alpha value is -3.64. The van der Waals surface area contributed by atoms with Crippen molar-refractivity contribution < 1.29 is 4.74 Å². The van der Waals surface area contributed by atoms with Gasteiger partial charge in [0, 0.05) is 11.1 Å². The Labute approximate surface area is 158 Å². The molecule has 0 fully saturated rings. The molecule has 0 amide bonds. The largest absolute Gasteiger partial charge is 0.480 e. The molecule has 0 atom stereocenters. The fraction of sp³-hybridized carbons (Fsp3) is 0.0833. The quantitative estimate of drug-likeness (QED) is 0.475. The van der Waals surface area contributed by atoms with Gasteiger partial charge in [0.25, 0.3) is 0 Å². The monoisotopic (exact) mass is 350 g/mol. The van der Waals surface area contributed by atoms with Crippen LogP contribution in [-0.4, -0.2) is 12.1 Å². The van der Waals surface area contributed by atoms with Crippen molar-refractivity contribution in [3.8, 4) is 45.5 Å². The number of nitriles is 1. The lowest BCUT2D eigenvalue weighted by Crippen LogP contribution is -1.97. The van der Waals surface area contributed by atoms with E-state index in [1.165, 1.54) is 5.56 Å². The third kappa shape index (κ3) is 3.02. The predicted octanol–water partition coefficient (Wildman–Crippen LogP) is 5.71. The maximum Gasteiger partial charge on any atom is 0.232 e. The minimum atomic E-state index is 0.347. The lowest BCUT2D eigenvalue weighted by Gasteiger charge is -2.12. The molecular formula is C24H18N2O. The number of pyridine rings is 1. The van der Waals surface area contributed by atoms with Crippen LogP contribution >= 0.6 is 0 Å². The van der Waals surface area contributed by atoms with E-state index >= 15 is 0 Å². The van der Waals surface area contributed by atoms with Gasteiger partial charge in [-0.05, 0) is 29.7 Å². The molecule has 2 aliphatic carbocycles. The number of methoxy groups -OCH3 is 1. The lowest BCUT2D eigenvalue weighted by molar-refractivity contribution is 0.397. The number of aryl methyl sites for hydroxylation is 1. The molecule has 1 heterocycles. The molecule has 0 N–H and O–H groups in total. The molecule has 3 heteroatoms. The molecule has 0 saturated heterocycles. The highest BCUT2D eigenvalue weighted by molar-refractivity contribution is 5.90. The van der Waals surface area contributed by atoms with E-state index < -0.39 is 0 Å². The summed E-state index contributed by atoms with van der Waals surface area (Å²) < 4.78 is 5.46. The molecule has 27 heavy (non-hydrogen) atoms. The van der Waals surface area contributed by atoms with Crippen LogP contribution in [0, 0.1) is 18.3 Å². The SMILES string of the molecule is COc1nc(-c2ccc(C)cc2)cc(-c2ccc3cccccc2-3)c1C#N. The summed E-state index contributed by atoms with van der Waals surface area (Å²) in [5, 5.41) is 9.78. The van der Waals surface area contributed by atoms with Gasteiger partial charge >= 0.3 is 0 Å². The van der Waals surface area contributed by atoms with Gasteiger partial charge in [0.2, 0.25) is 5.88 Å². The number of aromatic nitrogens is 1. The highest BCUT2D eigenvalue weighted by atomic mass is 16.5. The van der Waals surface area contributed by atoms with Crippen LogP contribution < -0.4 is 4.74 Å². The van der Waals surface area contributed by atoms with Gasteiger partial charge in [-0.25, -0.2) is 4.98 Å². The van der Waals surface area contributed by atoms with Crippen molar-refractivity contribution in [1.29, 1.82) is 5.26 Å². The van der Waals surface area contributed by atoms with E-state index in [1.54, 1.807) is 7.11 Å². The Morgan fingerprint density at radius 3 is 2.30 bits per heavy atom. The summed E-state index contributed by atoms with van der Waals surface area (Å²) in [5.41, 5.74) is 7.49. The van der Waals surface area contributed by atoms with E-state index in [4.69, 9.17) is 4.74 Å². The first-order chi connectivity index (χ1) is 13.2. The average molecular weight is 350 g/mol. The Bertz CT molecular complexity index is 1120. The highest BCUT2D eigenvalue weighted by Gasteiger charge is 2.19. The van der Waals surface area contributed by atoms with E-state index in [0.717, 1.165) is 33.5 Å². The molecule has 1 aromatic heterocycles. The van der Waals surface area contributed by atoms with Gasteiger partial charge in [0.15, 0.2) is 0 Å². The molecule has 0 unspecified atom stereocenters. The van der Waals surface area contributed by atoms with Gasteiger partial charge < -0.3 is 4.74 Å². The Morgan fingerprint density at radius 1 is 0.815 bits per heavy atom. The number of rotatable bonds is 3. The average Bonchev–Trinajstić information content (AvgIpc) is 2.95. The summed E-state index contributed by atoms with van der Waals surface area (Å²) in [7, 11) is 1.55. The number of nitrogens with zero attached hydrogens (tertiary/aromatic N) is 2. The molecule has 0 aliphatic heterocycles. The van der Waals surface area contributed by atoms with Crippen LogP contribution in [0.4, 0.5) is 0 Å². The van der Waals surface area contributed by atoms with Crippen molar-refractivity contribution in [3.63, 3.8) is 0 Å². The minimum Gasteiger partial charge on any atom is -0.480 e. The molecule has 1 aromatic carbocycles. The van der Waals surface area contributed by atoms with Gasteiger partial charge in [0.05, 0.1) is 12.8 Å². The predicted molar refractivity (Wildman–Crippen MR) is 108 cm³/mol. The second-order valence-electron chi connectivity index (χ2n) is 6.44. The van der Waals surface area contributed by atoms with Crippen molar-refractivity contribution in [2.75, 3.05) is 7.11 Å². The van der Waals surface area contributed by atoms with Crippen molar-refractivity contribution in [2.24, 2.45) is 0 Å². The first-order valence-electron chi connectivity index (χ1n) is 8.75. The van der Waals surface area contributed by atoms with E-state index in [2.05, 4.69) is 54.4 Å². The number of benzene rings is 1. The fourth-order valence-electron chi connectivity index (χ4n) is 3.31. The lowest BCUT2D eigenvalue weighted by atomic mass is 9.97. The zero-order valence-corrected chi connectivity index (χ0v) is 15.2. The number of fused-ring (bicyclic) bond motifs is 1. The van der Waals surface area contributed by atoms with E-state index in [0.29, 0.717) is 11.4 Å². The molecule has 3 nitrogen and oxygen atoms in total. The zero-order chi connectivity index (χ0) is 18.8. The second kappa shape index (κ2) is 6.93. The maximum absolute atomic E-state index is 9.78. The van der Waals surface area contributed by atoms with Gasteiger partial charge in [-0.15, -0.1) is 0 Å². The molecular weight excluding hydrogens is 332 g/mol. The third-order valence-electron chi connectivity index (χ3n) is 4.72. The number of hydrogen-bond acceptors (Lipinski definition) is 3. The van der Waals surface area contributed by atoms with Crippen molar-refractivity contribution in [3.05, 3.63) is 83.9 Å². The molecule has 0 bridgehead atoms. The Kier molecular flexibility index (Phi) is 4.32. The molecule has 130 valence electrons. The molecule has 0 saturated carbocycles. The third-order valence-corrected chi connectivity index (χ3v) is 4.72. The topological polar surface area (TPSA) is 45.9 Å². The van der Waals surface area contributed by atoms with Gasteiger partial charge in [-0.1, -0.05) is 72.3 Å². The molecule has 0 spiro atoms. The maximum atomic E-state index is 9.78. The van der Waals surface area contributed by atoms with E-state index in [9.17, 15) is 5.26 Å². The molecule has 4 rings (SSSR count). The fourth-order valence-corrected chi connectivity index (χ4v) is 3.31. The highest BCUT2D eigenvalue weighted by Crippen LogP contribution is 2.40. The first-order valence-corrected chi connectivity index (χ1v) is 8.75. The smallest absolute Gasteiger partial charge is 0.232 e. The standard InChI is InChI=1S/C24H18N2O/c1-16-8-10-18(11-9-16)23-14-21(22(15-25)24(26-23)27-2)20-13-12-17-6-4-3-5-7-19(17)20/h3-14H,1-2H3. The number of hydrogen-bond donors (Lipinski definition) is 0. The summed E-state index contributed by atoms with van der Waals surface area (Å²) in [6.45, 7) is 2.05. The van der Waals surface area contributed by atoms with Crippen LogP contribution in [0.5, 0.6) is 5.88 Å². The summed E-state index contributed by atoms with van der Waals surface area (Å²) in [4.78, 5) is 4.58.